The van der Waals surface area contributed by atoms with Gasteiger partial charge in [0.25, 0.3) is 0 Å². The molecule has 2 heteroatoms. The van der Waals surface area contributed by atoms with Crippen LogP contribution in [0.15, 0.2) is 40.3 Å². The van der Waals surface area contributed by atoms with Crippen LogP contribution in [0.1, 0.15) is 135 Å². The molecule has 1 heterocycles. The van der Waals surface area contributed by atoms with Crippen molar-refractivity contribution in [1.29, 1.82) is 0 Å². The van der Waals surface area contributed by atoms with Gasteiger partial charge in [0, 0.05) is 0 Å². The fourth-order valence-electron chi connectivity index (χ4n) is 5.47. The first kappa shape index (κ1) is 28.7. The second kappa shape index (κ2) is 19.7. The predicted octanol–water partition coefficient (Wildman–Crippen LogP) is 10.2. The molecule has 1 aromatic rings. The third kappa shape index (κ3) is 12.8. The highest BCUT2D eigenvalue weighted by Gasteiger charge is 2.34. The van der Waals surface area contributed by atoms with Crippen LogP contribution in [0.5, 0.6) is 0 Å². The summed E-state index contributed by atoms with van der Waals surface area (Å²) in [6.07, 6.45) is 31.1. The Morgan fingerprint density at radius 1 is 0.588 bits per heavy atom. The lowest BCUT2D eigenvalue weighted by molar-refractivity contribution is 0.290. The van der Waals surface area contributed by atoms with E-state index in [0.29, 0.717) is 11.8 Å². The highest BCUT2D eigenvalue weighted by molar-refractivity contribution is 6.18. The minimum absolute atomic E-state index is 0.492. The number of hydrogen-bond acceptors (Lipinski definition) is 2. The lowest BCUT2D eigenvalue weighted by atomic mass is 9.79. The smallest absolute Gasteiger partial charge is 0.0965 e. The van der Waals surface area contributed by atoms with E-state index < -0.39 is 0 Å². The number of nitrogens with zero attached hydrogens (tertiary/aromatic N) is 2. The number of aliphatic imine (C=N–C) groups is 2. The molecule has 0 N–H and O–H groups in total. The van der Waals surface area contributed by atoms with E-state index in [1.165, 1.54) is 121 Å². The molecule has 0 amide bonds. The van der Waals surface area contributed by atoms with Gasteiger partial charge in [0.2, 0.25) is 6.17 Å². The lowest BCUT2D eigenvalue weighted by Crippen LogP contribution is -2.22. The summed E-state index contributed by atoms with van der Waals surface area (Å²) in [5.41, 5.74) is 1.46. The average Bonchev–Trinajstić information content (AvgIpc) is 3.39. The second-order valence-corrected chi connectivity index (χ2v) is 10.5. The first-order valence-corrected chi connectivity index (χ1v) is 14.8. The molecule has 2 nitrogen and oxygen atoms in total. The number of benzene rings is 1. The molecule has 0 spiro atoms. The fraction of sp³-hybridized carbons (Fsp3) is 0.719. The summed E-state index contributed by atoms with van der Waals surface area (Å²) in [6.45, 7) is 4.59. The van der Waals surface area contributed by atoms with Gasteiger partial charge < -0.3 is 0 Å². The Kier molecular flexibility index (Phi) is 16.6. The molecule has 0 radical (unpaired) electrons. The van der Waals surface area contributed by atoms with Crippen LogP contribution < -0.4 is 0 Å². The number of unbranched alkanes of at least 4 members (excludes halogenated alkanes) is 14. The molecule has 2 atom stereocenters. The van der Waals surface area contributed by atoms with Crippen LogP contribution >= 0.6 is 0 Å². The molecule has 2 unspecified atom stereocenters. The van der Waals surface area contributed by atoms with E-state index in [9.17, 15) is 0 Å². The van der Waals surface area contributed by atoms with Crippen LogP contribution in [0.4, 0.5) is 0 Å². The molecule has 0 saturated heterocycles. The molecule has 0 bridgehead atoms. The number of rotatable bonds is 22. The molecular formula is C32H53N2+. The van der Waals surface area contributed by atoms with E-state index in [4.69, 9.17) is 0 Å². The van der Waals surface area contributed by atoms with E-state index in [1.807, 2.05) is 12.4 Å². The van der Waals surface area contributed by atoms with E-state index in [1.54, 1.807) is 0 Å². The molecule has 190 valence electrons. The van der Waals surface area contributed by atoms with Gasteiger partial charge in [-0.3, -0.25) is 0 Å². The summed E-state index contributed by atoms with van der Waals surface area (Å²) in [4.78, 5) is 9.22. The van der Waals surface area contributed by atoms with E-state index in [0.717, 1.165) is 12.6 Å². The summed E-state index contributed by atoms with van der Waals surface area (Å²) in [5, 5.41) is 0. The Bertz CT molecular complexity index is 624. The Balaban J connectivity index is 1.59. The van der Waals surface area contributed by atoms with Gasteiger partial charge in [0.05, 0.1) is 5.92 Å². The summed E-state index contributed by atoms with van der Waals surface area (Å²) in [6, 6.07) is 11.0. The summed E-state index contributed by atoms with van der Waals surface area (Å²) >= 11 is 0. The zero-order valence-electron chi connectivity index (χ0n) is 22.5. The van der Waals surface area contributed by atoms with Gasteiger partial charge in [0.15, 0.2) is 12.4 Å². The maximum absolute atomic E-state index is 4.61. The molecule has 0 fully saturated rings. The highest BCUT2D eigenvalue weighted by atomic mass is 15.0. The molecule has 1 aromatic carbocycles. The molecule has 2 rings (SSSR count). The Hall–Kier alpha value is -1.57. The molecule has 1 aliphatic heterocycles. The van der Waals surface area contributed by atoms with Crippen LogP contribution in [0.3, 0.4) is 0 Å². The van der Waals surface area contributed by atoms with Crippen molar-refractivity contribution in [3.8, 4) is 0 Å². The van der Waals surface area contributed by atoms with Crippen molar-refractivity contribution in [2.45, 2.75) is 136 Å². The maximum Gasteiger partial charge on any atom is 0.244 e. The Labute approximate surface area is 212 Å². The van der Waals surface area contributed by atoms with Crippen LogP contribution in [0.25, 0.3) is 0 Å². The van der Waals surface area contributed by atoms with Crippen LogP contribution in [-0.2, 0) is 6.42 Å². The average molecular weight is 466 g/mol. The molecule has 34 heavy (non-hydrogen) atoms. The largest absolute Gasteiger partial charge is 0.244 e. The van der Waals surface area contributed by atoms with E-state index in [-0.39, 0.29) is 0 Å². The topological polar surface area (TPSA) is 24.7 Å². The van der Waals surface area contributed by atoms with Gasteiger partial charge in [-0.1, -0.05) is 157 Å². The van der Waals surface area contributed by atoms with Crippen molar-refractivity contribution in [2.75, 3.05) is 0 Å². The molecule has 0 aromatic heterocycles. The Morgan fingerprint density at radius 2 is 1.09 bits per heavy atom. The summed E-state index contributed by atoms with van der Waals surface area (Å²) < 4.78 is 0. The van der Waals surface area contributed by atoms with Gasteiger partial charge in [-0.05, 0) is 30.7 Å². The van der Waals surface area contributed by atoms with Crippen molar-refractivity contribution in [2.24, 2.45) is 21.8 Å². The molecule has 0 aliphatic carbocycles. The highest BCUT2D eigenvalue weighted by Crippen LogP contribution is 2.36. The quantitative estimate of drug-likeness (QED) is 0.120. The van der Waals surface area contributed by atoms with Crippen molar-refractivity contribution < 1.29 is 0 Å². The van der Waals surface area contributed by atoms with Crippen molar-refractivity contribution in [1.82, 2.24) is 0 Å². The molecule has 1 aliphatic rings. The normalized spacial score (nSPS) is 14.7. The summed E-state index contributed by atoms with van der Waals surface area (Å²) in [7, 11) is 0. The third-order valence-corrected chi connectivity index (χ3v) is 7.50. The third-order valence-electron chi connectivity index (χ3n) is 7.50. The first-order chi connectivity index (χ1) is 16.8. The Morgan fingerprint density at radius 3 is 1.59 bits per heavy atom. The lowest BCUT2D eigenvalue weighted by Gasteiger charge is -2.25. The van der Waals surface area contributed by atoms with Gasteiger partial charge >= 0.3 is 0 Å². The SMILES string of the molecule is CCCCCCCCCCCCCCCCCC(Cc1ccccc1)C(CCC)[C+]1N=CC=N1. The van der Waals surface area contributed by atoms with Crippen molar-refractivity contribution >= 4 is 12.4 Å². The van der Waals surface area contributed by atoms with Gasteiger partial charge in [-0.15, -0.1) is 0 Å². The second-order valence-electron chi connectivity index (χ2n) is 10.5. The van der Waals surface area contributed by atoms with Gasteiger partial charge in [0.1, 0.15) is 0 Å². The zero-order valence-corrected chi connectivity index (χ0v) is 22.5. The number of hydrogen-bond donors (Lipinski definition) is 0. The van der Waals surface area contributed by atoms with Crippen LogP contribution in [0, 0.1) is 18.0 Å². The first-order valence-electron chi connectivity index (χ1n) is 14.8. The maximum atomic E-state index is 4.61. The predicted molar refractivity (Wildman–Crippen MR) is 152 cm³/mol. The minimum Gasteiger partial charge on any atom is -0.0965 e. The zero-order chi connectivity index (χ0) is 24.1. The summed E-state index contributed by atoms with van der Waals surface area (Å²) in [5.74, 6) is 1.14. The van der Waals surface area contributed by atoms with Crippen LogP contribution in [0.2, 0.25) is 0 Å². The van der Waals surface area contributed by atoms with Gasteiger partial charge in [-0.25, -0.2) is 0 Å². The van der Waals surface area contributed by atoms with Crippen LogP contribution in [-0.4, -0.2) is 12.4 Å². The van der Waals surface area contributed by atoms with Crippen molar-refractivity contribution in [3.63, 3.8) is 0 Å². The molecule has 0 saturated carbocycles. The fourth-order valence-corrected chi connectivity index (χ4v) is 5.47. The standard InChI is InChI=1S/C32H53N2/c1-3-5-6-7-8-9-10-11-12-13-14-15-16-17-21-25-30(28-29-23-19-18-20-24-29)31(22-4-2)32-33-26-27-34-32/h18-20,23-24,26-27,30-31H,3-17,21-22,25,28H2,1-2H3/q+1. The van der Waals surface area contributed by atoms with Gasteiger partial charge in [-0.2, -0.15) is 0 Å². The monoisotopic (exact) mass is 465 g/mol. The molecular weight excluding hydrogens is 412 g/mol. The minimum atomic E-state index is 0.492. The van der Waals surface area contributed by atoms with E-state index in [2.05, 4.69) is 54.2 Å². The van der Waals surface area contributed by atoms with Crippen molar-refractivity contribution in [3.05, 3.63) is 42.1 Å². The van der Waals surface area contributed by atoms with E-state index >= 15 is 0 Å².